The molecule has 2 amide bonds. The van der Waals surface area contributed by atoms with E-state index in [9.17, 15) is 9.59 Å². The number of imide groups is 1. The maximum absolute atomic E-state index is 11.8. The third-order valence-corrected chi connectivity index (χ3v) is 5.49. The molecule has 0 aliphatic carbocycles. The molecule has 0 atom stereocenters. The van der Waals surface area contributed by atoms with E-state index in [4.69, 9.17) is 4.42 Å². The van der Waals surface area contributed by atoms with Gasteiger partial charge in [0.15, 0.2) is 5.58 Å². The molecule has 3 aromatic carbocycles. The fourth-order valence-electron chi connectivity index (χ4n) is 3.23. The van der Waals surface area contributed by atoms with Gasteiger partial charge in [0.05, 0.1) is 12.3 Å². The molecule has 1 aliphatic heterocycles. The van der Waals surface area contributed by atoms with Gasteiger partial charge in [-0.3, -0.25) is 14.5 Å². The van der Waals surface area contributed by atoms with Crippen LogP contribution >= 0.6 is 11.8 Å². The largest absolute Gasteiger partial charge is 0.436 e. The van der Waals surface area contributed by atoms with Gasteiger partial charge in [0, 0.05) is 5.56 Å². The monoisotopic (exact) mass is 374 g/mol. The molecule has 6 heteroatoms. The first-order valence-corrected chi connectivity index (χ1v) is 9.52. The standard InChI is InChI=1S/C21H14N2O3S/c24-19-12-27-21(25)23(19)11-13-5-8-18-17(9-13)22-20(26-18)16-7-6-14-3-1-2-4-15(14)10-16/h1-10H,11-12H2. The van der Waals surface area contributed by atoms with Crippen LogP contribution in [0.5, 0.6) is 0 Å². The first-order chi connectivity index (χ1) is 13.2. The molecule has 0 N–H and O–H groups in total. The predicted octanol–water partition coefficient (Wildman–Crippen LogP) is 4.84. The molecule has 5 nitrogen and oxygen atoms in total. The van der Waals surface area contributed by atoms with Crippen molar-refractivity contribution >= 4 is 44.8 Å². The van der Waals surface area contributed by atoms with Crippen LogP contribution in [0.4, 0.5) is 4.79 Å². The highest BCUT2D eigenvalue weighted by molar-refractivity contribution is 8.14. The van der Waals surface area contributed by atoms with Crippen molar-refractivity contribution in [3.63, 3.8) is 0 Å². The molecule has 0 bridgehead atoms. The lowest BCUT2D eigenvalue weighted by molar-refractivity contribution is -0.125. The van der Waals surface area contributed by atoms with Gasteiger partial charge in [0.1, 0.15) is 5.52 Å². The Balaban J connectivity index is 1.49. The lowest BCUT2D eigenvalue weighted by atomic mass is 10.1. The first-order valence-electron chi connectivity index (χ1n) is 8.53. The van der Waals surface area contributed by atoms with Gasteiger partial charge in [-0.15, -0.1) is 0 Å². The minimum absolute atomic E-state index is 0.151. The molecule has 2 heterocycles. The molecule has 1 aromatic heterocycles. The Kier molecular flexibility index (Phi) is 3.72. The number of aromatic nitrogens is 1. The molecule has 27 heavy (non-hydrogen) atoms. The number of amides is 2. The van der Waals surface area contributed by atoms with Crippen molar-refractivity contribution in [1.29, 1.82) is 0 Å². The summed E-state index contributed by atoms with van der Waals surface area (Å²) in [5, 5.41) is 2.09. The summed E-state index contributed by atoms with van der Waals surface area (Å²) in [6, 6.07) is 19.8. The van der Waals surface area contributed by atoms with Crippen molar-refractivity contribution in [2.45, 2.75) is 6.54 Å². The lowest BCUT2D eigenvalue weighted by Gasteiger charge is -2.12. The van der Waals surface area contributed by atoms with Gasteiger partial charge in [0.25, 0.3) is 5.24 Å². The van der Waals surface area contributed by atoms with Crippen molar-refractivity contribution in [3.05, 3.63) is 66.2 Å². The minimum atomic E-state index is -0.197. The van der Waals surface area contributed by atoms with Crippen LogP contribution in [0, 0.1) is 0 Å². The van der Waals surface area contributed by atoms with Gasteiger partial charge in [-0.2, -0.15) is 0 Å². The molecule has 1 fully saturated rings. The fraction of sp³-hybridized carbons (Fsp3) is 0.0952. The average molecular weight is 374 g/mol. The predicted molar refractivity (Wildman–Crippen MR) is 105 cm³/mol. The van der Waals surface area contributed by atoms with Crippen LogP contribution < -0.4 is 0 Å². The Morgan fingerprint density at radius 1 is 1.00 bits per heavy atom. The summed E-state index contributed by atoms with van der Waals surface area (Å²) < 4.78 is 5.91. The number of thioether (sulfide) groups is 1. The van der Waals surface area contributed by atoms with Crippen molar-refractivity contribution in [2.75, 3.05) is 5.75 Å². The summed E-state index contributed by atoms with van der Waals surface area (Å²) >= 11 is 1.04. The highest BCUT2D eigenvalue weighted by Crippen LogP contribution is 2.28. The molecule has 132 valence electrons. The second-order valence-electron chi connectivity index (χ2n) is 6.42. The van der Waals surface area contributed by atoms with Gasteiger partial charge >= 0.3 is 0 Å². The summed E-state index contributed by atoms with van der Waals surface area (Å²) in [5.41, 5.74) is 3.15. The SMILES string of the molecule is O=C1CSC(=O)N1Cc1ccc2oc(-c3ccc4ccccc4c3)nc2c1. The molecular weight excluding hydrogens is 360 g/mol. The van der Waals surface area contributed by atoms with Gasteiger partial charge in [0.2, 0.25) is 11.8 Å². The Morgan fingerprint density at radius 2 is 1.85 bits per heavy atom. The van der Waals surface area contributed by atoms with Crippen molar-refractivity contribution in [2.24, 2.45) is 0 Å². The number of oxazole rings is 1. The van der Waals surface area contributed by atoms with Crippen molar-refractivity contribution in [1.82, 2.24) is 9.88 Å². The zero-order valence-corrected chi connectivity index (χ0v) is 15.0. The fourth-order valence-corrected chi connectivity index (χ4v) is 3.96. The van der Waals surface area contributed by atoms with Gasteiger partial charge in [-0.1, -0.05) is 48.2 Å². The minimum Gasteiger partial charge on any atom is -0.436 e. The maximum Gasteiger partial charge on any atom is 0.289 e. The van der Waals surface area contributed by atoms with E-state index in [2.05, 4.69) is 23.2 Å². The van der Waals surface area contributed by atoms with E-state index in [1.807, 2.05) is 42.5 Å². The normalized spacial score (nSPS) is 14.6. The topological polar surface area (TPSA) is 63.4 Å². The third-order valence-electron chi connectivity index (χ3n) is 4.63. The number of hydrogen-bond acceptors (Lipinski definition) is 5. The molecule has 0 unspecified atom stereocenters. The van der Waals surface area contributed by atoms with E-state index in [0.29, 0.717) is 17.0 Å². The second kappa shape index (κ2) is 6.25. The zero-order chi connectivity index (χ0) is 18.4. The molecule has 0 spiro atoms. The molecule has 1 aliphatic rings. The van der Waals surface area contributed by atoms with Crippen LogP contribution in [0.1, 0.15) is 5.56 Å². The summed E-state index contributed by atoms with van der Waals surface area (Å²) in [4.78, 5) is 29.5. The van der Waals surface area contributed by atoms with E-state index in [1.165, 1.54) is 4.90 Å². The summed E-state index contributed by atoms with van der Waals surface area (Å²) in [6.07, 6.45) is 0. The molecular formula is C21H14N2O3S. The average Bonchev–Trinajstić information content (AvgIpc) is 3.25. The van der Waals surface area contributed by atoms with Crippen LogP contribution in [0.2, 0.25) is 0 Å². The van der Waals surface area contributed by atoms with Gasteiger partial charge in [-0.05, 0) is 40.6 Å². The smallest absolute Gasteiger partial charge is 0.289 e. The Labute approximate surface area is 159 Å². The Bertz CT molecular complexity index is 1200. The maximum atomic E-state index is 11.8. The van der Waals surface area contributed by atoms with E-state index in [1.54, 1.807) is 0 Å². The van der Waals surface area contributed by atoms with Crippen LogP contribution in [0.3, 0.4) is 0 Å². The van der Waals surface area contributed by atoms with Crippen LogP contribution in [0.15, 0.2) is 65.1 Å². The zero-order valence-electron chi connectivity index (χ0n) is 14.2. The highest BCUT2D eigenvalue weighted by Gasteiger charge is 2.29. The van der Waals surface area contributed by atoms with Crippen LogP contribution in [-0.4, -0.2) is 26.8 Å². The first kappa shape index (κ1) is 16.1. The van der Waals surface area contributed by atoms with Crippen molar-refractivity contribution < 1.29 is 14.0 Å². The number of carbonyl (C=O) groups excluding carboxylic acids is 2. The van der Waals surface area contributed by atoms with E-state index in [-0.39, 0.29) is 23.4 Å². The molecule has 5 rings (SSSR count). The van der Waals surface area contributed by atoms with Crippen LogP contribution in [-0.2, 0) is 11.3 Å². The number of carbonyl (C=O) groups is 2. The number of rotatable bonds is 3. The summed E-state index contributed by atoms with van der Waals surface area (Å²) in [5.74, 6) is 0.621. The van der Waals surface area contributed by atoms with Gasteiger partial charge in [-0.25, -0.2) is 4.98 Å². The van der Waals surface area contributed by atoms with E-state index < -0.39 is 0 Å². The number of benzene rings is 3. The summed E-state index contributed by atoms with van der Waals surface area (Å²) in [6.45, 7) is 0.263. The molecule has 1 saturated heterocycles. The Hall–Kier alpha value is -3.12. The van der Waals surface area contributed by atoms with E-state index in [0.717, 1.165) is 33.7 Å². The summed E-state index contributed by atoms with van der Waals surface area (Å²) in [7, 11) is 0. The molecule has 0 radical (unpaired) electrons. The number of hydrogen-bond donors (Lipinski definition) is 0. The lowest BCUT2D eigenvalue weighted by Crippen LogP contribution is -2.27. The third kappa shape index (κ3) is 2.88. The quantitative estimate of drug-likeness (QED) is 0.513. The van der Waals surface area contributed by atoms with E-state index >= 15 is 0 Å². The highest BCUT2D eigenvalue weighted by atomic mass is 32.2. The Morgan fingerprint density at radius 3 is 2.67 bits per heavy atom. The number of nitrogens with zero attached hydrogens (tertiary/aromatic N) is 2. The van der Waals surface area contributed by atoms with Gasteiger partial charge < -0.3 is 4.42 Å². The number of fused-ring (bicyclic) bond motifs is 2. The molecule has 0 saturated carbocycles. The van der Waals surface area contributed by atoms with Crippen molar-refractivity contribution in [3.8, 4) is 11.5 Å². The second-order valence-corrected chi connectivity index (χ2v) is 7.34. The molecule has 4 aromatic rings. The van der Waals surface area contributed by atoms with Crippen LogP contribution in [0.25, 0.3) is 33.3 Å².